The molecule has 0 aliphatic rings. The van der Waals surface area contributed by atoms with Gasteiger partial charge in [-0.2, -0.15) is 0 Å². The fourth-order valence-corrected chi connectivity index (χ4v) is 1.66. The number of hydrogen-bond acceptors (Lipinski definition) is 3. The summed E-state index contributed by atoms with van der Waals surface area (Å²) in [6.45, 7) is 7.32. The van der Waals surface area contributed by atoms with Gasteiger partial charge in [0.2, 0.25) is 11.8 Å². The van der Waals surface area contributed by atoms with Gasteiger partial charge in [-0.15, -0.1) is 0 Å². The molecule has 1 rings (SSSR count). The molecule has 1 aromatic carbocycles. The molecule has 0 bridgehead atoms. The molecule has 5 N–H and O–H groups in total. The molecule has 21 heavy (non-hydrogen) atoms. The molecule has 0 saturated heterocycles. The van der Waals surface area contributed by atoms with E-state index in [1.807, 2.05) is 20.8 Å². The van der Waals surface area contributed by atoms with Gasteiger partial charge in [0.15, 0.2) is 0 Å². The van der Waals surface area contributed by atoms with Crippen LogP contribution in [0.25, 0.3) is 0 Å². The summed E-state index contributed by atoms with van der Waals surface area (Å²) in [6.07, 6.45) is 0.103. The number of carbonyl (C=O) groups is 2. The highest BCUT2D eigenvalue weighted by Gasteiger charge is 2.23. The second kappa shape index (κ2) is 6.22. The Morgan fingerprint density at radius 2 is 1.90 bits per heavy atom. The van der Waals surface area contributed by atoms with Gasteiger partial charge < -0.3 is 16.8 Å². The summed E-state index contributed by atoms with van der Waals surface area (Å²) in [5.74, 6) is -1.68. The first-order valence-electron chi connectivity index (χ1n) is 6.67. The summed E-state index contributed by atoms with van der Waals surface area (Å²) in [5.41, 5.74) is 11.3. The van der Waals surface area contributed by atoms with Crippen LogP contribution in [0, 0.1) is 18.2 Å². The summed E-state index contributed by atoms with van der Waals surface area (Å²) in [7, 11) is 0. The zero-order chi connectivity index (χ0) is 16.4. The number of hydrogen-bond donors (Lipinski definition) is 3. The monoisotopic (exact) mass is 295 g/mol. The van der Waals surface area contributed by atoms with Gasteiger partial charge in [-0.3, -0.25) is 9.59 Å². The van der Waals surface area contributed by atoms with Gasteiger partial charge in [0, 0.05) is 29.3 Å². The average molecular weight is 295 g/mol. The third kappa shape index (κ3) is 4.53. The van der Waals surface area contributed by atoms with Crippen molar-refractivity contribution in [2.45, 2.75) is 40.2 Å². The van der Waals surface area contributed by atoms with Gasteiger partial charge >= 0.3 is 0 Å². The van der Waals surface area contributed by atoms with E-state index in [4.69, 9.17) is 11.5 Å². The lowest BCUT2D eigenvalue weighted by atomic mass is 9.85. The van der Waals surface area contributed by atoms with Crippen LogP contribution >= 0.6 is 0 Å². The molecule has 0 aliphatic carbocycles. The molecule has 0 radical (unpaired) electrons. The molecule has 2 amide bonds. The SMILES string of the molecule is Cc1c(F)cc(C(N)=O)cc1NC(=O)CC(N)C(C)(C)C. The molecular formula is C15H22FN3O2. The Kier molecular flexibility index (Phi) is 5.06. The molecular weight excluding hydrogens is 273 g/mol. The van der Waals surface area contributed by atoms with Crippen molar-refractivity contribution in [1.82, 2.24) is 0 Å². The molecule has 0 heterocycles. The van der Waals surface area contributed by atoms with Crippen molar-refractivity contribution in [2.75, 3.05) is 5.32 Å². The average Bonchev–Trinajstić information content (AvgIpc) is 2.33. The number of primary amides is 1. The largest absolute Gasteiger partial charge is 0.366 e. The van der Waals surface area contributed by atoms with E-state index in [-0.39, 0.29) is 40.6 Å². The van der Waals surface area contributed by atoms with E-state index in [0.29, 0.717) is 0 Å². The standard InChI is InChI=1S/C15H22FN3O2/c1-8-10(16)5-9(14(18)21)6-11(8)19-13(20)7-12(17)15(2,3)4/h5-6,12H,7,17H2,1-4H3,(H2,18,21)(H,19,20). The number of amides is 2. The van der Waals surface area contributed by atoms with Crippen molar-refractivity contribution in [1.29, 1.82) is 0 Å². The fraction of sp³-hybridized carbons (Fsp3) is 0.467. The third-order valence-electron chi connectivity index (χ3n) is 3.42. The minimum Gasteiger partial charge on any atom is -0.366 e. The van der Waals surface area contributed by atoms with Crippen LogP contribution in [-0.4, -0.2) is 17.9 Å². The number of carbonyl (C=O) groups excluding carboxylic acids is 2. The van der Waals surface area contributed by atoms with Crippen LogP contribution in [-0.2, 0) is 4.79 Å². The van der Waals surface area contributed by atoms with E-state index in [1.165, 1.54) is 13.0 Å². The Morgan fingerprint density at radius 1 is 1.33 bits per heavy atom. The zero-order valence-electron chi connectivity index (χ0n) is 12.8. The Hall–Kier alpha value is -1.95. The lowest BCUT2D eigenvalue weighted by Crippen LogP contribution is -2.38. The number of rotatable bonds is 4. The first-order valence-corrected chi connectivity index (χ1v) is 6.67. The quantitative estimate of drug-likeness (QED) is 0.791. The van der Waals surface area contributed by atoms with Crippen LogP contribution in [0.2, 0.25) is 0 Å². The molecule has 0 aromatic heterocycles. The molecule has 0 saturated carbocycles. The third-order valence-corrected chi connectivity index (χ3v) is 3.42. The first kappa shape index (κ1) is 17.1. The van der Waals surface area contributed by atoms with Gasteiger partial charge in [-0.05, 0) is 24.5 Å². The molecule has 0 spiro atoms. The molecule has 1 unspecified atom stereocenters. The molecule has 116 valence electrons. The van der Waals surface area contributed by atoms with Crippen LogP contribution in [0.5, 0.6) is 0 Å². The van der Waals surface area contributed by atoms with Crippen LogP contribution in [0.4, 0.5) is 10.1 Å². The number of halogens is 1. The predicted octanol–water partition coefficient (Wildman–Crippen LogP) is 1.94. The summed E-state index contributed by atoms with van der Waals surface area (Å²) >= 11 is 0. The van der Waals surface area contributed by atoms with Gasteiger partial charge in [-0.1, -0.05) is 20.8 Å². The normalized spacial score (nSPS) is 12.9. The summed E-state index contributed by atoms with van der Waals surface area (Å²) < 4.78 is 13.7. The van der Waals surface area contributed by atoms with Crippen molar-refractivity contribution in [3.63, 3.8) is 0 Å². The molecule has 5 nitrogen and oxygen atoms in total. The predicted molar refractivity (Wildman–Crippen MR) is 80.3 cm³/mol. The van der Waals surface area contributed by atoms with Gasteiger partial charge in [0.1, 0.15) is 5.82 Å². The maximum Gasteiger partial charge on any atom is 0.248 e. The van der Waals surface area contributed by atoms with Crippen molar-refractivity contribution in [2.24, 2.45) is 16.9 Å². The Morgan fingerprint density at radius 3 is 2.38 bits per heavy atom. The Labute approximate surface area is 123 Å². The summed E-state index contributed by atoms with van der Waals surface area (Å²) in [4.78, 5) is 23.1. The molecule has 0 aliphatic heterocycles. The minimum atomic E-state index is -0.754. The smallest absolute Gasteiger partial charge is 0.248 e. The van der Waals surface area contributed by atoms with E-state index in [9.17, 15) is 14.0 Å². The van der Waals surface area contributed by atoms with E-state index in [1.54, 1.807) is 0 Å². The van der Waals surface area contributed by atoms with E-state index >= 15 is 0 Å². The van der Waals surface area contributed by atoms with Crippen molar-refractivity contribution >= 4 is 17.5 Å². The van der Waals surface area contributed by atoms with Crippen LogP contribution in [0.1, 0.15) is 43.1 Å². The number of anilines is 1. The highest BCUT2D eigenvalue weighted by molar-refractivity contribution is 5.97. The Balaban J connectivity index is 2.93. The number of benzene rings is 1. The van der Waals surface area contributed by atoms with E-state index in [0.717, 1.165) is 6.07 Å². The molecule has 1 atom stereocenters. The zero-order valence-corrected chi connectivity index (χ0v) is 12.8. The summed E-state index contributed by atoms with van der Waals surface area (Å²) in [6, 6.07) is 2.08. The second-order valence-corrected chi connectivity index (χ2v) is 6.22. The topological polar surface area (TPSA) is 98.2 Å². The lowest BCUT2D eigenvalue weighted by Gasteiger charge is -2.26. The van der Waals surface area contributed by atoms with Crippen molar-refractivity contribution in [3.05, 3.63) is 29.1 Å². The van der Waals surface area contributed by atoms with Crippen molar-refractivity contribution in [3.8, 4) is 0 Å². The second-order valence-electron chi connectivity index (χ2n) is 6.22. The van der Waals surface area contributed by atoms with E-state index < -0.39 is 11.7 Å². The summed E-state index contributed by atoms with van der Waals surface area (Å²) in [5, 5.41) is 2.58. The molecule has 0 fully saturated rings. The molecule has 6 heteroatoms. The van der Waals surface area contributed by atoms with Gasteiger partial charge in [-0.25, -0.2) is 4.39 Å². The maximum atomic E-state index is 13.7. The van der Waals surface area contributed by atoms with Crippen LogP contribution in [0.3, 0.4) is 0 Å². The first-order chi connectivity index (χ1) is 9.52. The van der Waals surface area contributed by atoms with Crippen molar-refractivity contribution < 1.29 is 14.0 Å². The number of nitrogens with two attached hydrogens (primary N) is 2. The van der Waals surface area contributed by atoms with Gasteiger partial charge in [0.25, 0.3) is 0 Å². The lowest BCUT2D eigenvalue weighted by molar-refractivity contribution is -0.117. The van der Waals surface area contributed by atoms with E-state index in [2.05, 4.69) is 5.32 Å². The fourth-order valence-electron chi connectivity index (χ4n) is 1.66. The van der Waals surface area contributed by atoms with Gasteiger partial charge in [0.05, 0.1) is 0 Å². The highest BCUT2D eigenvalue weighted by Crippen LogP contribution is 2.23. The maximum absolute atomic E-state index is 13.7. The minimum absolute atomic E-state index is 0.00789. The highest BCUT2D eigenvalue weighted by atomic mass is 19.1. The molecule has 1 aromatic rings. The van der Waals surface area contributed by atoms with Crippen LogP contribution < -0.4 is 16.8 Å². The number of nitrogens with one attached hydrogen (secondary N) is 1. The Bertz CT molecular complexity index is 565. The van der Waals surface area contributed by atoms with Crippen LogP contribution in [0.15, 0.2) is 12.1 Å².